The van der Waals surface area contributed by atoms with Gasteiger partial charge in [-0.3, -0.25) is 0 Å². The molecule has 0 saturated carbocycles. The number of piperazine rings is 1. The second-order valence-electron chi connectivity index (χ2n) is 6.62. The molecule has 1 fully saturated rings. The van der Waals surface area contributed by atoms with E-state index in [0.29, 0.717) is 29.5 Å². The highest BCUT2D eigenvalue weighted by molar-refractivity contribution is 7.89. The van der Waals surface area contributed by atoms with Crippen LogP contribution in [0.1, 0.15) is 23.0 Å². The summed E-state index contributed by atoms with van der Waals surface area (Å²) in [5.74, 6) is -1.21. The number of hydrogen-bond acceptors (Lipinski definition) is 6. The molecule has 2 aromatic rings. The van der Waals surface area contributed by atoms with Gasteiger partial charge in [-0.1, -0.05) is 6.07 Å². The van der Waals surface area contributed by atoms with E-state index in [1.807, 2.05) is 4.90 Å². The average Bonchev–Trinajstić information content (AvgIpc) is 3.22. The minimum atomic E-state index is -3.89. The van der Waals surface area contributed by atoms with Crippen LogP contribution in [-0.4, -0.2) is 61.5 Å². The third kappa shape index (κ3) is 4.79. The van der Waals surface area contributed by atoms with Gasteiger partial charge < -0.3 is 19.4 Å². The third-order valence-electron chi connectivity index (χ3n) is 4.60. The van der Waals surface area contributed by atoms with E-state index in [4.69, 9.17) is 21.4 Å². The van der Waals surface area contributed by atoms with Crippen molar-refractivity contribution in [2.75, 3.05) is 38.1 Å². The van der Waals surface area contributed by atoms with Crippen molar-refractivity contribution >= 4 is 39.0 Å². The molecule has 1 aliphatic rings. The van der Waals surface area contributed by atoms with Gasteiger partial charge in [-0.2, -0.15) is 4.31 Å². The molecule has 162 valence electrons. The molecule has 0 spiro atoms. The number of hydrogen-bond donors (Lipinski definition) is 1. The second kappa shape index (κ2) is 9.11. The van der Waals surface area contributed by atoms with Crippen molar-refractivity contribution in [3.05, 3.63) is 47.5 Å². The van der Waals surface area contributed by atoms with Crippen LogP contribution >= 0.6 is 12.2 Å². The number of benzene rings is 1. The number of thiocarbonyl (C=S) groups is 1. The predicted octanol–water partition coefficient (Wildman–Crippen LogP) is 2.61. The first kappa shape index (κ1) is 22.2. The highest BCUT2D eigenvalue weighted by Gasteiger charge is 2.32. The molecular formula is C19H22FN3O5S2. The zero-order valence-corrected chi connectivity index (χ0v) is 18.2. The Kier molecular flexibility index (Phi) is 6.74. The maximum atomic E-state index is 13.7. The Morgan fingerprint density at radius 2 is 1.93 bits per heavy atom. The molecule has 11 heteroatoms. The number of halogens is 1. The SMILES string of the molecule is CCOC(=O)c1ccc(S(=O)(=O)N2CCN(C(=S)Nc3ccc(C)c(F)c3)CC2)o1. The van der Waals surface area contributed by atoms with Crippen molar-refractivity contribution in [1.29, 1.82) is 0 Å². The van der Waals surface area contributed by atoms with E-state index in [0.717, 1.165) is 0 Å². The van der Waals surface area contributed by atoms with Gasteiger partial charge in [0.2, 0.25) is 10.9 Å². The van der Waals surface area contributed by atoms with Crippen LogP contribution < -0.4 is 5.32 Å². The number of anilines is 1. The molecule has 30 heavy (non-hydrogen) atoms. The molecule has 2 heterocycles. The van der Waals surface area contributed by atoms with Gasteiger partial charge >= 0.3 is 5.97 Å². The van der Waals surface area contributed by atoms with E-state index in [2.05, 4.69) is 5.32 Å². The fourth-order valence-electron chi connectivity index (χ4n) is 2.90. The smallest absolute Gasteiger partial charge is 0.374 e. The normalized spacial score (nSPS) is 15.1. The predicted molar refractivity (Wildman–Crippen MR) is 112 cm³/mol. The quantitative estimate of drug-likeness (QED) is 0.543. The van der Waals surface area contributed by atoms with Crippen molar-refractivity contribution in [2.24, 2.45) is 0 Å². The molecular weight excluding hydrogens is 433 g/mol. The van der Waals surface area contributed by atoms with E-state index in [-0.39, 0.29) is 36.4 Å². The van der Waals surface area contributed by atoms with E-state index in [1.165, 1.54) is 22.5 Å². The molecule has 1 aromatic carbocycles. The molecule has 0 amide bonds. The van der Waals surface area contributed by atoms with Gasteiger partial charge in [0.25, 0.3) is 10.0 Å². The van der Waals surface area contributed by atoms with Crippen LogP contribution in [0.2, 0.25) is 0 Å². The van der Waals surface area contributed by atoms with Crippen molar-refractivity contribution < 1.29 is 26.8 Å². The number of carbonyl (C=O) groups excluding carboxylic acids is 1. The summed E-state index contributed by atoms with van der Waals surface area (Å²) in [5, 5.41) is 3.05. The number of ether oxygens (including phenoxy) is 1. The standard InChI is InChI=1S/C19H22FN3O5S2/c1-3-27-18(24)16-6-7-17(28-16)30(25,26)23-10-8-22(9-11-23)19(29)21-14-5-4-13(2)15(20)12-14/h4-7,12H,3,8-11H2,1-2H3,(H,21,29). The summed E-state index contributed by atoms with van der Waals surface area (Å²) >= 11 is 5.37. The molecule has 0 bridgehead atoms. The lowest BCUT2D eigenvalue weighted by Crippen LogP contribution is -2.51. The van der Waals surface area contributed by atoms with Crippen molar-refractivity contribution in [1.82, 2.24) is 9.21 Å². The first-order valence-electron chi connectivity index (χ1n) is 9.31. The number of carbonyl (C=O) groups is 1. The largest absolute Gasteiger partial charge is 0.460 e. The van der Waals surface area contributed by atoms with E-state index >= 15 is 0 Å². The van der Waals surface area contributed by atoms with Crippen LogP contribution in [0.25, 0.3) is 0 Å². The van der Waals surface area contributed by atoms with Crippen LogP contribution in [0, 0.1) is 12.7 Å². The summed E-state index contributed by atoms with van der Waals surface area (Å²) in [4.78, 5) is 13.5. The molecule has 1 N–H and O–H groups in total. The molecule has 0 radical (unpaired) electrons. The van der Waals surface area contributed by atoms with Crippen LogP contribution in [0.3, 0.4) is 0 Å². The lowest BCUT2D eigenvalue weighted by molar-refractivity contribution is 0.0483. The van der Waals surface area contributed by atoms with E-state index in [1.54, 1.807) is 26.0 Å². The summed E-state index contributed by atoms with van der Waals surface area (Å²) in [6.45, 7) is 4.55. The van der Waals surface area contributed by atoms with Gasteiger partial charge in [0.1, 0.15) is 5.82 Å². The zero-order valence-electron chi connectivity index (χ0n) is 16.6. The Bertz CT molecular complexity index is 1050. The van der Waals surface area contributed by atoms with Crippen LogP contribution in [0.4, 0.5) is 10.1 Å². The summed E-state index contributed by atoms with van der Waals surface area (Å²) in [5.41, 5.74) is 1.06. The first-order chi connectivity index (χ1) is 14.2. The summed E-state index contributed by atoms with van der Waals surface area (Å²) in [6, 6.07) is 7.26. The Balaban J connectivity index is 1.60. The summed E-state index contributed by atoms with van der Waals surface area (Å²) in [7, 11) is -3.89. The summed E-state index contributed by atoms with van der Waals surface area (Å²) in [6.07, 6.45) is 0. The minimum absolute atomic E-state index is 0.159. The second-order valence-corrected chi connectivity index (χ2v) is 8.88. The Morgan fingerprint density at radius 1 is 1.23 bits per heavy atom. The van der Waals surface area contributed by atoms with Gasteiger partial charge in [-0.25, -0.2) is 17.6 Å². The molecule has 0 atom stereocenters. The summed E-state index contributed by atoms with van der Waals surface area (Å²) < 4.78 is 50.6. The number of aryl methyl sites for hydroxylation is 1. The van der Waals surface area contributed by atoms with Gasteiger partial charge in [-0.15, -0.1) is 0 Å². The number of rotatable bonds is 5. The highest BCUT2D eigenvalue weighted by atomic mass is 32.2. The van der Waals surface area contributed by atoms with E-state index < -0.39 is 16.0 Å². The Morgan fingerprint density at radius 3 is 2.57 bits per heavy atom. The molecule has 0 unspecified atom stereocenters. The van der Waals surface area contributed by atoms with Crippen molar-refractivity contribution in [2.45, 2.75) is 18.9 Å². The van der Waals surface area contributed by atoms with Gasteiger partial charge in [-0.05, 0) is 55.9 Å². The number of nitrogens with one attached hydrogen (secondary N) is 1. The van der Waals surface area contributed by atoms with E-state index in [9.17, 15) is 17.6 Å². The number of nitrogens with zero attached hydrogens (tertiary/aromatic N) is 2. The zero-order chi connectivity index (χ0) is 21.9. The molecule has 1 aliphatic heterocycles. The van der Waals surface area contributed by atoms with Crippen LogP contribution in [-0.2, 0) is 14.8 Å². The fourth-order valence-corrected chi connectivity index (χ4v) is 4.54. The lowest BCUT2D eigenvalue weighted by atomic mass is 10.2. The number of sulfonamides is 1. The number of esters is 1. The first-order valence-corrected chi connectivity index (χ1v) is 11.2. The van der Waals surface area contributed by atoms with Crippen molar-refractivity contribution in [3.63, 3.8) is 0 Å². The third-order valence-corrected chi connectivity index (χ3v) is 6.73. The highest BCUT2D eigenvalue weighted by Crippen LogP contribution is 2.21. The van der Waals surface area contributed by atoms with Gasteiger partial charge in [0.05, 0.1) is 6.61 Å². The molecule has 8 nitrogen and oxygen atoms in total. The monoisotopic (exact) mass is 455 g/mol. The molecule has 3 rings (SSSR count). The maximum Gasteiger partial charge on any atom is 0.374 e. The lowest BCUT2D eigenvalue weighted by Gasteiger charge is -2.35. The topological polar surface area (TPSA) is 92.1 Å². The van der Waals surface area contributed by atoms with Crippen LogP contribution in [0.15, 0.2) is 39.8 Å². The van der Waals surface area contributed by atoms with Crippen LogP contribution in [0.5, 0.6) is 0 Å². The Hall–Kier alpha value is -2.50. The maximum absolute atomic E-state index is 13.7. The Labute approximate surface area is 179 Å². The molecule has 0 aliphatic carbocycles. The average molecular weight is 456 g/mol. The molecule has 1 aromatic heterocycles. The van der Waals surface area contributed by atoms with Gasteiger partial charge in [0.15, 0.2) is 5.11 Å². The van der Waals surface area contributed by atoms with Gasteiger partial charge in [0, 0.05) is 31.9 Å². The van der Waals surface area contributed by atoms with Crippen molar-refractivity contribution in [3.8, 4) is 0 Å². The minimum Gasteiger partial charge on any atom is -0.460 e. The number of furan rings is 1. The fraction of sp³-hybridized carbons (Fsp3) is 0.368. The molecule has 1 saturated heterocycles.